The molecule has 1 amide bonds. The van der Waals surface area contributed by atoms with Gasteiger partial charge in [0.15, 0.2) is 5.69 Å². The fourth-order valence-corrected chi connectivity index (χ4v) is 5.85. The summed E-state index contributed by atoms with van der Waals surface area (Å²) in [6.45, 7) is 0.965. The van der Waals surface area contributed by atoms with E-state index < -0.39 is 10.0 Å². The van der Waals surface area contributed by atoms with E-state index in [-0.39, 0.29) is 11.6 Å². The number of allylic oxidation sites excluding steroid dienone is 1. The van der Waals surface area contributed by atoms with Gasteiger partial charge in [-0.2, -0.15) is 10.2 Å². The highest BCUT2D eigenvalue weighted by Crippen LogP contribution is 2.48. The molecule has 4 aromatic rings. The van der Waals surface area contributed by atoms with Crippen LogP contribution in [0.3, 0.4) is 0 Å². The predicted molar refractivity (Wildman–Crippen MR) is 158 cm³/mol. The molecule has 12 heteroatoms. The number of rotatable bonds is 12. The van der Waals surface area contributed by atoms with Crippen molar-refractivity contribution in [3.63, 3.8) is 0 Å². The average Bonchev–Trinajstić information content (AvgIpc) is 3.59. The van der Waals surface area contributed by atoms with Crippen molar-refractivity contribution in [3.8, 4) is 0 Å². The minimum atomic E-state index is -3.37. The van der Waals surface area contributed by atoms with Crippen LogP contribution in [0.4, 0.5) is 5.69 Å². The Morgan fingerprint density at radius 2 is 1.90 bits per heavy atom. The molecule has 3 heterocycles. The van der Waals surface area contributed by atoms with Gasteiger partial charge in [-0.25, -0.2) is 8.42 Å². The van der Waals surface area contributed by atoms with E-state index in [2.05, 4.69) is 41.6 Å². The van der Waals surface area contributed by atoms with Crippen LogP contribution in [0.25, 0.3) is 5.57 Å². The fourth-order valence-electron chi connectivity index (χ4n) is 5.30. The summed E-state index contributed by atoms with van der Waals surface area (Å²) in [5, 5.41) is 20.0. The Balaban J connectivity index is 1.08. The second kappa shape index (κ2) is 11.8. The summed E-state index contributed by atoms with van der Waals surface area (Å²) in [4.78, 5) is 16.6. The third-order valence-corrected chi connectivity index (χ3v) is 8.00. The lowest BCUT2D eigenvalue weighted by Crippen LogP contribution is -2.23. The van der Waals surface area contributed by atoms with E-state index >= 15 is 0 Å². The lowest BCUT2D eigenvalue weighted by Gasteiger charge is -2.12. The molecule has 0 saturated heterocycles. The number of hydrogen-bond donors (Lipinski definition) is 2. The van der Waals surface area contributed by atoms with Gasteiger partial charge in [0.25, 0.3) is 5.91 Å². The Morgan fingerprint density at radius 1 is 1.02 bits per heavy atom. The minimum Gasteiger partial charge on any atom is -0.345 e. The highest BCUT2D eigenvalue weighted by Gasteiger charge is 2.35. The number of benzene rings is 1. The molecular formula is C30H32N8O3S. The smallest absolute Gasteiger partial charge is 0.273 e. The molecule has 2 aliphatic carbocycles. The number of anilines is 1. The lowest BCUT2D eigenvalue weighted by molar-refractivity contribution is 0.0945. The van der Waals surface area contributed by atoms with Gasteiger partial charge in [-0.1, -0.05) is 29.0 Å². The number of aryl methyl sites for hydroxylation is 2. The van der Waals surface area contributed by atoms with Crippen molar-refractivity contribution >= 4 is 27.2 Å². The summed E-state index contributed by atoms with van der Waals surface area (Å²) in [5.74, 6) is 0.265. The van der Waals surface area contributed by atoms with Crippen LogP contribution in [-0.2, 0) is 36.0 Å². The third kappa shape index (κ3) is 6.71. The topological polar surface area (TPSA) is 145 Å². The molecule has 0 spiro atoms. The number of nitrogens with one attached hydrogen (secondary N) is 2. The first-order valence-corrected chi connectivity index (χ1v) is 16.0. The van der Waals surface area contributed by atoms with Gasteiger partial charge in [-0.3, -0.25) is 19.2 Å². The Kier molecular flexibility index (Phi) is 7.79. The monoisotopic (exact) mass is 584 g/mol. The van der Waals surface area contributed by atoms with Gasteiger partial charge in [0, 0.05) is 30.4 Å². The van der Waals surface area contributed by atoms with Crippen LogP contribution >= 0.6 is 0 Å². The largest absolute Gasteiger partial charge is 0.345 e. The molecule has 2 N–H and O–H groups in total. The summed E-state index contributed by atoms with van der Waals surface area (Å²) in [5.41, 5.74) is 8.13. The standard InChI is InChI=1S/C30H32N8O3S/c1-42(40,41)36-23-10-6-7-21(15-23)29-25(20-11-12-20)17-27-26(29)16-22(33-34-27)8-3-5-14-38-19-28(35-37-38)30(39)32-18-24-9-2-4-13-31-24/h2,4,6-7,9-10,13,15-16,19-20,36H,3,5,8,11-12,14,17-18H2,1H3,(H,32,39). The maximum Gasteiger partial charge on any atom is 0.273 e. The first-order chi connectivity index (χ1) is 20.3. The molecule has 0 radical (unpaired) electrons. The summed E-state index contributed by atoms with van der Waals surface area (Å²) >= 11 is 0. The Morgan fingerprint density at radius 3 is 2.69 bits per heavy atom. The number of hydrogen-bond acceptors (Lipinski definition) is 8. The van der Waals surface area contributed by atoms with E-state index in [1.165, 1.54) is 18.4 Å². The zero-order chi connectivity index (χ0) is 29.1. The molecule has 6 rings (SSSR count). The van der Waals surface area contributed by atoms with Gasteiger partial charge in [0.2, 0.25) is 10.0 Å². The zero-order valence-electron chi connectivity index (χ0n) is 23.3. The molecule has 0 atom stereocenters. The molecule has 0 aliphatic heterocycles. The number of carbonyl (C=O) groups is 1. The molecule has 2 aliphatic rings. The van der Waals surface area contributed by atoms with E-state index in [4.69, 9.17) is 0 Å². The van der Waals surface area contributed by atoms with Crippen LogP contribution in [0.1, 0.15) is 64.4 Å². The molecule has 11 nitrogen and oxygen atoms in total. The molecule has 216 valence electrons. The number of fused-ring (bicyclic) bond motifs is 1. The first kappa shape index (κ1) is 27.7. The second-order valence-corrected chi connectivity index (χ2v) is 12.6. The van der Waals surface area contributed by atoms with Gasteiger partial charge in [-0.15, -0.1) is 5.10 Å². The van der Waals surface area contributed by atoms with Gasteiger partial charge in [0.05, 0.1) is 36.1 Å². The minimum absolute atomic E-state index is 0.275. The number of pyridine rings is 1. The van der Waals surface area contributed by atoms with Crippen LogP contribution in [0.2, 0.25) is 0 Å². The average molecular weight is 585 g/mol. The number of aromatic nitrogens is 6. The number of unbranched alkanes of at least 4 members (excludes halogenated alkanes) is 1. The first-order valence-electron chi connectivity index (χ1n) is 14.1. The highest BCUT2D eigenvalue weighted by atomic mass is 32.2. The Bertz CT molecular complexity index is 1750. The van der Waals surface area contributed by atoms with Crippen LogP contribution in [0.15, 0.2) is 66.5 Å². The summed E-state index contributed by atoms with van der Waals surface area (Å²) in [6, 6.07) is 15.3. The summed E-state index contributed by atoms with van der Waals surface area (Å²) in [7, 11) is -3.37. The number of carbonyl (C=O) groups excluding carboxylic acids is 1. The van der Waals surface area contributed by atoms with Gasteiger partial charge in [0.1, 0.15) is 0 Å². The van der Waals surface area contributed by atoms with Crippen LogP contribution in [0.5, 0.6) is 0 Å². The molecule has 1 saturated carbocycles. The zero-order valence-corrected chi connectivity index (χ0v) is 24.1. The molecule has 1 aromatic carbocycles. The molecule has 42 heavy (non-hydrogen) atoms. The van der Waals surface area contributed by atoms with Crippen molar-refractivity contribution in [2.75, 3.05) is 11.0 Å². The van der Waals surface area contributed by atoms with Crippen LogP contribution < -0.4 is 10.0 Å². The van der Waals surface area contributed by atoms with Crippen molar-refractivity contribution in [1.82, 2.24) is 35.5 Å². The van der Waals surface area contributed by atoms with Crippen LogP contribution in [0, 0.1) is 5.92 Å². The summed E-state index contributed by atoms with van der Waals surface area (Å²) in [6.07, 6.45) is 10.1. The van der Waals surface area contributed by atoms with Gasteiger partial charge in [-0.05, 0) is 79.5 Å². The van der Waals surface area contributed by atoms with Crippen molar-refractivity contribution in [2.24, 2.45) is 5.92 Å². The van der Waals surface area contributed by atoms with Gasteiger partial charge >= 0.3 is 0 Å². The van der Waals surface area contributed by atoms with Crippen molar-refractivity contribution in [2.45, 2.75) is 51.6 Å². The molecule has 0 bridgehead atoms. The van der Waals surface area contributed by atoms with E-state index in [0.29, 0.717) is 24.7 Å². The fraction of sp³-hybridized carbons (Fsp3) is 0.333. The predicted octanol–water partition coefficient (Wildman–Crippen LogP) is 3.56. The van der Waals surface area contributed by atoms with E-state index in [0.717, 1.165) is 65.7 Å². The van der Waals surface area contributed by atoms with Crippen molar-refractivity contribution in [3.05, 3.63) is 100 Å². The quantitative estimate of drug-likeness (QED) is 0.241. The van der Waals surface area contributed by atoms with Crippen LogP contribution in [-0.4, -0.2) is 50.8 Å². The Hall–Kier alpha value is -4.45. The number of amides is 1. The molecular weight excluding hydrogens is 552 g/mol. The number of sulfonamides is 1. The maximum absolute atomic E-state index is 12.4. The summed E-state index contributed by atoms with van der Waals surface area (Å²) < 4.78 is 27.9. The molecule has 1 fully saturated rings. The molecule has 0 unspecified atom stereocenters. The normalized spacial score (nSPS) is 14.6. The molecule has 3 aromatic heterocycles. The second-order valence-electron chi connectivity index (χ2n) is 10.8. The van der Waals surface area contributed by atoms with E-state index in [9.17, 15) is 13.2 Å². The van der Waals surface area contributed by atoms with Gasteiger partial charge < -0.3 is 5.32 Å². The lowest BCUT2D eigenvalue weighted by atomic mass is 9.95. The van der Waals surface area contributed by atoms with E-state index in [1.54, 1.807) is 23.1 Å². The SMILES string of the molecule is CS(=O)(=O)Nc1cccc(C2=C(C3CC3)Cc3nnc(CCCCn4cc(C(=O)NCc5ccccn5)nn4)cc32)c1. The van der Waals surface area contributed by atoms with E-state index in [1.807, 2.05) is 36.4 Å². The van der Waals surface area contributed by atoms with Crippen molar-refractivity contribution < 1.29 is 13.2 Å². The maximum atomic E-state index is 12.4. The highest BCUT2D eigenvalue weighted by molar-refractivity contribution is 7.92. The Labute approximate surface area is 244 Å². The number of nitrogens with zero attached hydrogens (tertiary/aromatic N) is 6. The van der Waals surface area contributed by atoms with Crippen molar-refractivity contribution in [1.29, 1.82) is 0 Å². The third-order valence-electron chi connectivity index (χ3n) is 7.39.